The molecule has 148 valence electrons. The predicted octanol–water partition coefficient (Wildman–Crippen LogP) is 3.36. The summed E-state index contributed by atoms with van der Waals surface area (Å²) >= 11 is 0. The van der Waals surface area contributed by atoms with Crippen molar-refractivity contribution in [3.05, 3.63) is 83.4 Å². The molecule has 1 fully saturated rings. The van der Waals surface area contributed by atoms with Crippen LogP contribution in [0.1, 0.15) is 34.1 Å². The van der Waals surface area contributed by atoms with E-state index in [1.165, 1.54) is 12.1 Å². The molecule has 4 rings (SSSR count). The zero-order chi connectivity index (χ0) is 20.2. The maximum absolute atomic E-state index is 13.0. The van der Waals surface area contributed by atoms with Crippen LogP contribution in [0.15, 0.2) is 60.7 Å². The van der Waals surface area contributed by atoms with Gasteiger partial charge in [-0.25, -0.2) is 4.39 Å². The molecule has 1 atom stereocenters. The van der Waals surface area contributed by atoms with Crippen molar-refractivity contribution >= 4 is 17.5 Å². The highest BCUT2D eigenvalue weighted by atomic mass is 19.1. The fourth-order valence-electron chi connectivity index (χ4n) is 3.51. The minimum absolute atomic E-state index is 0.0145. The van der Waals surface area contributed by atoms with Crippen molar-refractivity contribution in [2.75, 3.05) is 18.4 Å². The molecule has 2 heterocycles. The first-order valence-corrected chi connectivity index (χ1v) is 9.52. The number of nitrogens with one attached hydrogen (secondary N) is 2. The van der Waals surface area contributed by atoms with E-state index in [0.717, 1.165) is 17.7 Å². The van der Waals surface area contributed by atoms with Crippen molar-refractivity contribution in [2.45, 2.75) is 18.8 Å². The summed E-state index contributed by atoms with van der Waals surface area (Å²) in [5.41, 5.74) is 2.67. The third-order valence-corrected chi connectivity index (χ3v) is 5.11. The number of aromatic amines is 1. The Hall–Kier alpha value is -3.48. The summed E-state index contributed by atoms with van der Waals surface area (Å²) in [6.45, 7) is 1.22. The number of likely N-dealkylation sites (tertiary alicyclic amines) is 1. The molecule has 0 spiro atoms. The minimum Gasteiger partial charge on any atom is -0.342 e. The van der Waals surface area contributed by atoms with Gasteiger partial charge in [-0.15, -0.1) is 0 Å². The Labute approximate surface area is 167 Å². The van der Waals surface area contributed by atoms with E-state index in [-0.39, 0.29) is 30.0 Å². The lowest BCUT2D eigenvalue weighted by Gasteiger charge is -2.16. The van der Waals surface area contributed by atoms with E-state index in [1.807, 2.05) is 30.3 Å². The molecule has 0 radical (unpaired) electrons. The Morgan fingerprint density at radius 2 is 1.90 bits per heavy atom. The standard InChI is InChI=1S/C22H21FN4O2/c23-17-8-6-15(7-9-17)12-21(28)27-11-10-16(14-27)19-13-20(26-25-19)22(29)24-18-4-2-1-3-5-18/h1-9,13,16H,10-12,14H2,(H,24,29)(H,25,26). The molecule has 7 heteroatoms. The molecule has 3 aromatic rings. The third kappa shape index (κ3) is 4.51. The van der Waals surface area contributed by atoms with Crippen molar-refractivity contribution in [3.63, 3.8) is 0 Å². The molecular formula is C22H21FN4O2. The smallest absolute Gasteiger partial charge is 0.276 e. The second-order valence-electron chi connectivity index (χ2n) is 7.16. The Morgan fingerprint density at radius 3 is 2.66 bits per heavy atom. The fraction of sp³-hybridized carbons (Fsp3) is 0.227. The third-order valence-electron chi connectivity index (χ3n) is 5.11. The molecule has 0 saturated carbocycles. The Balaban J connectivity index is 1.35. The number of rotatable bonds is 5. The van der Waals surface area contributed by atoms with Gasteiger partial charge < -0.3 is 10.2 Å². The summed E-state index contributed by atoms with van der Waals surface area (Å²) in [6, 6.07) is 16.9. The fourth-order valence-corrected chi connectivity index (χ4v) is 3.51. The number of carbonyl (C=O) groups is 2. The molecule has 0 bridgehead atoms. The van der Waals surface area contributed by atoms with E-state index in [1.54, 1.807) is 23.1 Å². The van der Waals surface area contributed by atoms with E-state index < -0.39 is 0 Å². The lowest BCUT2D eigenvalue weighted by atomic mass is 10.0. The van der Waals surface area contributed by atoms with Crippen LogP contribution in [0, 0.1) is 5.82 Å². The van der Waals surface area contributed by atoms with E-state index in [4.69, 9.17) is 0 Å². The molecule has 0 aliphatic carbocycles. The van der Waals surface area contributed by atoms with Crippen molar-refractivity contribution in [3.8, 4) is 0 Å². The highest BCUT2D eigenvalue weighted by molar-refractivity contribution is 6.02. The molecule has 1 aliphatic rings. The van der Waals surface area contributed by atoms with Crippen molar-refractivity contribution < 1.29 is 14.0 Å². The molecule has 1 aromatic heterocycles. The molecule has 1 saturated heterocycles. The molecule has 2 aromatic carbocycles. The van der Waals surface area contributed by atoms with E-state index in [0.29, 0.717) is 24.5 Å². The summed E-state index contributed by atoms with van der Waals surface area (Å²) in [7, 11) is 0. The summed E-state index contributed by atoms with van der Waals surface area (Å²) in [6.07, 6.45) is 1.05. The van der Waals surface area contributed by atoms with Crippen LogP contribution in [0.4, 0.5) is 10.1 Å². The van der Waals surface area contributed by atoms with Gasteiger partial charge in [0.15, 0.2) is 5.69 Å². The highest BCUT2D eigenvalue weighted by Gasteiger charge is 2.29. The first-order chi connectivity index (χ1) is 14.1. The van der Waals surface area contributed by atoms with Crippen LogP contribution >= 0.6 is 0 Å². The second-order valence-corrected chi connectivity index (χ2v) is 7.16. The molecule has 29 heavy (non-hydrogen) atoms. The number of aromatic nitrogens is 2. The topological polar surface area (TPSA) is 78.1 Å². The Bertz CT molecular complexity index is 1000. The van der Waals surface area contributed by atoms with Crippen LogP contribution in [0.5, 0.6) is 0 Å². The zero-order valence-electron chi connectivity index (χ0n) is 15.8. The number of amides is 2. The molecule has 2 amide bonds. The zero-order valence-corrected chi connectivity index (χ0v) is 15.8. The number of halogens is 1. The summed E-state index contributed by atoms with van der Waals surface area (Å²) < 4.78 is 13.0. The van der Waals surface area contributed by atoms with Gasteiger partial charge in [0.1, 0.15) is 5.82 Å². The first kappa shape index (κ1) is 18.9. The van der Waals surface area contributed by atoms with Gasteiger partial charge in [-0.1, -0.05) is 30.3 Å². The SMILES string of the molecule is O=C(Nc1ccccc1)c1cc(C2CCN(C(=O)Cc3ccc(F)cc3)C2)[nH]n1. The van der Waals surface area contributed by atoms with Gasteiger partial charge in [0.2, 0.25) is 5.91 Å². The lowest BCUT2D eigenvalue weighted by Crippen LogP contribution is -2.29. The number of hydrogen-bond acceptors (Lipinski definition) is 3. The van der Waals surface area contributed by atoms with Crippen LogP contribution in [0.3, 0.4) is 0 Å². The van der Waals surface area contributed by atoms with Crippen molar-refractivity contribution in [1.29, 1.82) is 0 Å². The number of para-hydroxylation sites is 1. The van der Waals surface area contributed by atoms with Crippen LogP contribution in [0.25, 0.3) is 0 Å². The number of anilines is 1. The van der Waals surface area contributed by atoms with Crippen molar-refractivity contribution in [1.82, 2.24) is 15.1 Å². The Kier molecular flexibility index (Phi) is 5.37. The number of H-pyrrole nitrogens is 1. The van der Waals surface area contributed by atoms with Crippen LogP contribution in [-0.4, -0.2) is 40.0 Å². The van der Waals surface area contributed by atoms with Gasteiger partial charge in [0.25, 0.3) is 5.91 Å². The van der Waals surface area contributed by atoms with Crippen LogP contribution < -0.4 is 5.32 Å². The average Bonchev–Trinajstić information content (AvgIpc) is 3.40. The maximum atomic E-state index is 13.0. The molecule has 2 N–H and O–H groups in total. The van der Waals surface area contributed by atoms with Crippen LogP contribution in [0.2, 0.25) is 0 Å². The second kappa shape index (κ2) is 8.26. The van der Waals surface area contributed by atoms with E-state index in [9.17, 15) is 14.0 Å². The Morgan fingerprint density at radius 1 is 1.14 bits per heavy atom. The molecule has 6 nitrogen and oxygen atoms in total. The number of hydrogen-bond donors (Lipinski definition) is 2. The average molecular weight is 392 g/mol. The van der Waals surface area contributed by atoms with Gasteiger partial charge in [-0.05, 0) is 42.3 Å². The summed E-state index contributed by atoms with van der Waals surface area (Å²) in [5.74, 6) is -0.465. The van der Waals surface area contributed by atoms with E-state index in [2.05, 4.69) is 15.5 Å². The van der Waals surface area contributed by atoms with Gasteiger partial charge >= 0.3 is 0 Å². The normalized spacial score (nSPS) is 16.0. The van der Waals surface area contributed by atoms with Gasteiger partial charge in [-0.2, -0.15) is 5.10 Å². The minimum atomic E-state index is -0.311. The number of carbonyl (C=O) groups excluding carboxylic acids is 2. The largest absolute Gasteiger partial charge is 0.342 e. The van der Waals surface area contributed by atoms with Crippen molar-refractivity contribution in [2.24, 2.45) is 0 Å². The van der Waals surface area contributed by atoms with Gasteiger partial charge in [0.05, 0.1) is 6.42 Å². The molecule has 1 aliphatic heterocycles. The molecular weight excluding hydrogens is 371 g/mol. The highest BCUT2D eigenvalue weighted by Crippen LogP contribution is 2.27. The molecule has 1 unspecified atom stereocenters. The summed E-state index contributed by atoms with van der Waals surface area (Å²) in [4.78, 5) is 26.7. The predicted molar refractivity (Wildman–Crippen MR) is 107 cm³/mol. The quantitative estimate of drug-likeness (QED) is 0.699. The summed E-state index contributed by atoms with van der Waals surface area (Å²) in [5, 5.41) is 9.87. The number of benzene rings is 2. The number of nitrogens with zero attached hydrogens (tertiary/aromatic N) is 2. The van der Waals surface area contributed by atoms with Gasteiger partial charge in [-0.3, -0.25) is 14.7 Å². The lowest BCUT2D eigenvalue weighted by molar-refractivity contribution is -0.129. The monoisotopic (exact) mass is 392 g/mol. The first-order valence-electron chi connectivity index (χ1n) is 9.52. The maximum Gasteiger partial charge on any atom is 0.276 e. The van der Waals surface area contributed by atoms with Crippen LogP contribution in [-0.2, 0) is 11.2 Å². The van der Waals surface area contributed by atoms with E-state index >= 15 is 0 Å². The van der Waals surface area contributed by atoms with Gasteiger partial charge in [0, 0.05) is 30.4 Å².